The molecular weight excluding hydrogens is 252 g/mol. The molecule has 2 rings (SSSR count). The average molecular weight is 272 g/mol. The first kappa shape index (κ1) is 14.4. The fourth-order valence-electron chi connectivity index (χ4n) is 2.72. The third kappa shape index (κ3) is 3.09. The van der Waals surface area contributed by atoms with Crippen molar-refractivity contribution in [2.45, 2.75) is 25.8 Å². The van der Waals surface area contributed by atoms with E-state index in [-0.39, 0.29) is 12.1 Å². The molecule has 2 amide bonds. The number of amides is 2. The fraction of sp³-hybridized carbons (Fsp3) is 0.467. The van der Waals surface area contributed by atoms with Crippen molar-refractivity contribution in [2.75, 3.05) is 18.4 Å². The summed E-state index contributed by atoms with van der Waals surface area (Å²) in [6, 6.07) is 8.93. The lowest BCUT2D eigenvalue weighted by Crippen LogP contribution is -2.52. The van der Waals surface area contributed by atoms with Crippen LogP contribution in [-0.4, -0.2) is 30.1 Å². The monoisotopic (exact) mass is 272 g/mol. The summed E-state index contributed by atoms with van der Waals surface area (Å²) in [6.07, 6.45) is 2.11. The standard InChI is InChI=1S/C15H20N4O/c1-11-4-3-7-19(14(11)10-17)15(20)18-13-6-2-5-12(8-13)9-16/h2,5-6,8,11,14H,3-4,7,10,17H2,1H3,(H,18,20). The number of hydrogen-bond donors (Lipinski definition) is 2. The zero-order chi connectivity index (χ0) is 14.5. The topological polar surface area (TPSA) is 82.2 Å². The summed E-state index contributed by atoms with van der Waals surface area (Å²) in [6.45, 7) is 3.34. The highest BCUT2D eigenvalue weighted by atomic mass is 16.2. The summed E-state index contributed by atoms with van der Waals surface area (Å²) in [5, 5.41) is 11.7. The summed E-state index contributed by atoms with van der Waals surface area (Å²) in [5.74, 6) is 0.421. The van der Waals surface area contributed by atoms with E-state index in [1.165, 1.54) is 0 Å². The van der Waals surface area contributed by atoms with Crippen LogP contribution in [0.25, 0.3) is 0 Å². The molecule has 1 heterocycles. The van der Waals surface area contributed by atoms with Crippen LogP contribution in [0.1, 0.15) is 25.3 Å². The summed E-state index contributed by atoms with van der Waals surface area (Å²) in [7, 11) is 0. The summed E-state index contributed by atoms with van der Waals surface area (Å²) >= 11 is 0. The maximum atomic E-state index is 12.4. The number of hydrogen-bond acceptors (Lipinski definition) is 3. The Morgan fingerprint density at radius 1 is 1.60 bits per heavy atom. The first-order valence-electron chi connectivity index (χ1n) is 6.93. The number of carbonyl (C=O) groups is 1. The van der Waals surface area contributed by atoms with Gasteiger partial charge in [-0.2, -0.15) is 5.26 Å². The molecule has 0 saturated carbocycles. The van der Waals surface area contributed by atoms with Gasteiger partial charge in [-0.3, -0.25) is 0 Å². The van der Waals surface area contributed by atoms with Gasteiger partial charge in [0.15, 0.2) is 0 Å². The molecule has 20 heavy (non-hydrogen) atoms. The molecule has 0 radical (unpaired) electrons. The van der Waals surface area contributed by atoms with Crippen LogP contribution in [0.15, 0.2) is 24.3 Å². The number of benzene rings is 1. The van der Waals surface area contributed by atoms with Crippen LogP contribution in [0.4, 0.5) is 10.5 Å². The van der Waals surface area contributed by atoms with E-state index >= 15 is 0 Å². The highest BCUT2D eigenvalue weighted by Gasteiger charge is 2.30. The van der Waals surface area contributed by atoms with Crippen molar-refractivity contribution in [2.24, 2.45) is 11.7 Å². The molecule has 1 aromatic rings. The number of nitrogens with two attached hydrogens (primary N) is 1. The van der Waals surface area contributed by atoms with Gasteiger partial charge in [0, 0.05) is 24.8 Å². The second-order valence-electron chi connectivity index (χ2n) is 5.24. The molecule has 1 aliphatic heterocycles. The number of likely N-dealkylation sites (tertiary alicyclic amines) is 1. The van der Waals surface area contributed by atoms with E-state index in [0.717, 1.165) is 19.4 Å². The normalized spacial score (nSPS) is 22.1. The van der Waals surface area contributed by atoms with Crippen molar-refractivity contribution in [3.05, 3.63) is 29.8 Å². The van der Waals surface area contributed by atoms with Gasteiger partial charge in [0.25, 0.3) is 0 Å². The van der Waals surface area contributed by atoms with Crippen molar-refractivity contribution in [1.82, 2.24) is 4.90 Å². The first-order valence-corrected chi connectivity index (χ1v) is 6.93. The molecular formula is C15H20N4O. The van der Waals surface area contributed by atoms with E-state index in [2.05, 4.69) is 18.3 Å². The zero-order valence-electron chi connectivity index (χ0n) is 11.7. The van der Waals surface area contributed by atoms with E-state index < -0.39 is 0 Å². The molecule has 3 N–H and O–H groups in total. The predicted molar refractivity (Wildman–Crippen MR) is 78.1 cm³/mol. The van der Waals surface area contributed by atoms with Gasteiger partial charge in [-0.05, 0) is 37.0 Å². The van der Waals surface area contributed by atoms with Crippen molar-refractivity contribution >= 4 is 11.7 Å². The number of piperidine rings is 1. The Morgan fingerprint density at radius 2 is 2.40 bits per heavy atom. The Balaban J connectivity index is 2.08. The molecule has 1 fully saturated rings. The number of urea groups is 1. The molecule has 5 nitrogen and oxygen atoms in total. The molecule has 0 spiro atoms. The number of nitrogens with one attached hydrogen (secondary N) is 1. The van der Waals surface area contributed by atoms with Gasteiger partial charge in [-0.25, -0.2) is 4.79 Å². The average Bonchev–Trinajstić information content (AvgIpc) is 2.47. The molecule has 2 unspecified atom stereocenters. The number of anilines is 1. The first-order chi connectivity index (χ1) is 9.65. The Morgan fingerprint density at radius 3 is 3.10 bits per heavy atom. The lowest BCUT2D eigenvalue weighted by atomic mass is 9.91. The Bertz CT molecular complexity index is 523. The van der Waals surface area contributed by atoms with Gasteiger partial charge in [-0.1, -0.05) is 13.0 Å². The maximum absolute atomic E-state index is 12.4. The Hall–Kier alpha value is -2.06. The van der Waals surface area contributed by atoms with Gasteiger partial charge >= 0.3 is 6.03 Å². The van der Waals surface area contributed by atoms with Crippen LogP contribution >= 0.6 is 0 Å². The minimum Gasteiger partial charge on any atom is -0.328 e. The van der Waals surface area contributed by atoms with Crippen molar-refractivity contribution < 1.29 is 4.79 Å². The molecule has 0 aliphatic carbocycles. The maximum Gasteiger partial charge on any atom is 0.322 e. The largest absolute Gasteiger partial charge is 0.328 e. The van der Waals surface area contributed by atoms with E-state index in [4.69, 9.17) is 11.0 Å². The quantitative estimate of drug-likeness (QED) is 0.865. The van der Waals surface area contributed by atoms with Crippen LogP contribution in [-0.2, 0) is 0 Å². The molecule has 1 saturated heterocycles. The number of nitriles is 1. The Labute approximate surface area is 119 Å². The van der Waals surface area contributed by atoms with Gasteiger partial charge < -0.3 is 16.0 Å². The SMILES string of the molecule is CC1CCCN(C(=O)Nc2cccc(C#N)c2)C1CN. The van der Waals surface area contributed by atoms with Crippen LogP contribution in [0.5, 0.6) is 0 Å². The predicted octanol–water partition coefficient (Wildman–Crippen LogP) is 2.15. The van der Waals surface area contributed by atoms with Gasteiger partial charge in [-0.15, -0.1) is 0 Å². The molecule has 5 heteroatoms. The van der Waals surface area contributed by atoms with Gasteiger partial charge in [0.05, 0.1) is 11.6 Å². The highest BCUT2D eigenvalue weighted by molar-refractivity contribution is 5.89. The number of rotatable bonds is 2. The number of carbonyl (C=O) groups excluding carboxylic acids is 1. The molecule has 1 aliphatic rings. The minimum atomic E-state index is -0.137. The lowest BCUT2D eigenvalue weighted by molar-refractivity contribution is 0.133. The van der Waals surface area contributed by atoms with Crippen LogP contribution in [0.3, 0.4) is 0 Å². The molecule has 106 valence electrons. The highest BCUT2D eigenvalue weighted by Crippen LogP contribution is 2.23. The third-order valence-electron chi connectivity index (χ3n) is 3.86. The Kier molecular flexibility index (Phi) is 4.59. The zero-order valence-corrected chi connectivity index (χ0v) is 11.7. The summed E-state index contributed by atoms with van der Waals surface area (Å²) in [5.41, 5.74) is 6.97. The van der Waals surface area contributed by atoms with Crippen molar-refractivity contribution in [1.29, 1.82) is 5.26 Å². The molecule has 0 aromatic heterocycles. The number of nitrogens with zero attached hydrogens (tertiary/aromatic N) is 2. The van der Waals surface area contributed by atoms with E-state index in [1.54, 1.807) is 24.3 Å². The van der Waals surface area contributed by atoms with Gasteiger partial charge in [0.2, 0.25) is 0 Å². The molecule has 1 aromatic carbocycles. The smallest absolute Gasteiger partial charge is 0.322 e. The summed E-state index contributed by atoms with van der Waals surface area (Å²) < 4.78 is 0. The fourth-order valence-corrected chi connectivity index (χ4v) is 2.72. The summed E-state index contributed by atoms with van der Waals surface area (Å²) in [4.78, 5) is 14.2. The molecule has 0 bridgehead atoms. The molecule has 2 atom stereocenters. The lowest BCUT2D eigenvalue weighted by Gasteiger charge is -2.39. The van der Waals surface area contributed by atoms with Crippen LogP contribution in [0, 0.1) is 17.2 Å². The minimum absolute atomic E-state index is 0.0860. The van der Waals surface area contributed by atoms with E-state index in [9.17, 15) is 4.79 Å². The van der Waals surface area contributed by atoms with Crippen molar-refractivity contribution in [3.8, 4) is 6.07 Å². The second-order valence-corrected chi connectivity index (χ2v) is 5.24. The second kappa shape index (κ2) is 6.40. The van der Waals surface area contributed by atoms with Gasteiger partial charge in [0.1, 0.15) is 0 Å². The third-order valence-corrected chi connectivity index (χ3v) is 3.86. The van der Waals surface area contributed by atoms with Crippen LogP contribution < -0.4 is 11.1 Å². The van der Waals surface area contributed by atoms with E-state index in [0.29, 0.717) is 23.7 Å². The van der Waals surface area contributed by atoms with E-state index in [1.807, 2.05) is 4.90 Å². The van der Waals surface area contributed by atoms with Crippen LogP contribution in [0.2, 0.25) is 0 Å². The van der Waals surface area contributed by atoms with Crippen molar-refractivity contribution in [3.63, 3.8) is 0 Å².